The summed E-state index contributed by atoms with van der Waals surface area (Å²) in [5.41, 5.74) is 4.64. The molecule has 0 aliphatic carbocycles. The molecule has 2 rings (SSSR count). The minimum absolute atomic E-state index is 0.340. The molecule has 6 nitrogen and oxygen atoms in total. The maximum atomic E-state index is 12.8. The highest BCUT2D eigenvalue weighted by Crippen LogP contribution is 2.24. The summed E-state index contributed by atoms with van der Waals surface area (Å²) >= 11 is 0. The highest BCUT2D eigenvalue weighted by atomic mass is 32.2. The number of carbonyl (C=O) groups excluding carboxylic acids is 1. The number of rotatable bonds is 9. The minimum atomic E-state index is -3.63. The Labute approximate surface area is 180 Å². The van der Waals surface area contributed by atoms with Crippen molar-refractivity contribution in [1.82, 2.24) is 5.32 Å². The van der Waals surface area contributed by atoms with Gasteiger partial charge in [0, 0.05) is 25.3 Å². The van der Waals surface area contributed by atoms with Crippen LogP contribution in [0.25, 0.3) is 0 Å². The first kappa shape index (κ1) is 23.7. The molecule has 2 aromatic rings. The Balaban J connectivity index is 2.13. The lowest BCUT2D eigenvalue weighted by atomic mass is 10.1. The van der Waals surface area contributed by atoms with Crippen LogP contribution in [0.5, 0.6) is 0 Å². The third-order valence-corrected chi connectivity index (χ3v) is 6.61. The molecule has 0 aliphatic heterocycles. The van der Waals surface area contributed by atoms with E-state index >= 15 is 0 Å². The van der Waals surface area contributed by atoms with Crippen molar-refractivity contribution in [3.8, 4) is 0 Å². The molecule has 7 heteroatoms. The monoisotopic (exact) mass is 431 g/mol. The smallest absolute Gasteiger partial charge is 0.243 e. The number of nitrogens with zero attached hydrogens (tertiary/aromatic N) is 2. The van der Waals surface area contributed by atoms with Crippen LogP contribution in [-0.2, 0) is 21.4 Å². The zero-order chi connectivity index (χ0) is 22.5. The quantitative estimate of drug-likeness (QED) is 0.658. The predicted molar refractivity (Wildman–Crippen MR) is 125 cm³/mol. The van der Waals surface area contributed by atoms with Gasteiger partial charge >= 0.3 is 0 Å². The molecule has 0 spiro atoms. The Morgan fingerprint density at radius 3 is 2.03 bits per heavy atom. The normalized spacial score (nSPS) is 12.3. The fourth-order valence-corrected chi connectivity index (χ4v) is 4.59. The van der Waals surface area contributed by atoms with Gasteiger partial charge in [-0.25, -0.2) is 8.42 Å². The van der Waals surface area contributed by atoms with Crippen LogP contribution in [0, 0.1) is 13.8 Å². The summed E-state index contributed by atoms with van der Waals surface area (Å²) in [6.07, 6.45) is 1.12. The Kier molecular flexibility index (Phi) is 7.89. The van der Waals surface area contributed by atoms with E-state index in [4.69, 9.17) is 0 Å². The van der Waals surface area contributed by atoms with Crippen LogP contribution in [0.2, 0.25) is 0 Å². The summed E-state index contributed by atoms with van der Waals surface area (Å²) < 4.78 is 26.1. The van der Waals surface area contributed by atoms with Gasteiger partial charge in [0.05, 0.1) is 11.9 Å². The van der Waals surface area contributed by atoms with Gasteiger partial charge in [-0.15, -0.1) is 0 Å². The molecule has 30 heavy (non-hydrogen) atoms. The first-order chi connectivity index (χ1) is 14.1. The number of hydrogen-bond acceptors (Lipinski definition) is 4. The third-order valence-electron chi connectivity index (χ3n) is 5.37. The Morgan fingerprint density at radius 2 is 1.53 bits per heavy atom. The fourth-order valence-electron chi connectivity index (χ4n) is 3.42. The van der Waals surface area contributed by atoms with Gasteiger partial charge in [0.15, 0.2) is 0 Å². The first-order valence-corrected chi connectivity index (χ1v) is 12.1. The summed E-state index contributed by atoms with van der Waals surface area (Å²) in [5.74, 6) is -0.341. The van der Waals surface area contributed by atoms with E-state index in [1.807, 2.05) is 44.2 Å². The first-order valence-electron chi connectivity index (χ1n) is 10.3. The zero-order valence-electron chi connectivity index (χ0n) is 18.8. The van der Waals surface area contributed by atoms with Gasteiger partial charge < -0.3 is 10.2 Å². The summed E-state index contributed by atoms with van der Waals surface area (Å²) in [5, 5.41) is 2.87. The standard InChI is InChI=1S/C23H33N3O3S/c1-7-25(8-2)21-13-10-20(11-14-21)16-24-23(27)19(5)26(30(6,28)29)22-12-9-17(3)18(4)15-22/h9-15,19H,7-8,16H2,1-6H3,(H,24,27). The van der Waals surface area contributed by atoms with E-state index in [-0.39, 0.29) is 5.91 Å². The molecule has 0 bridgehead atoms. The number of aryl methyl sites for hydroxylation is 2. The maximum absolute atomic E-state index is 12.8. The van der Waals surface area contributed by atoms with E-state index in [2.05, 4.69) is 24.1 Å². The maximum Gasteiger partial charge on any atom is 0.243 e. The molecule has 1 unspecified atom stereocenters. The van der Waals surface area contributed by atoms with Crippen molar-refractivity contribution in [1.29, 1.82) is 0 Å². The average molecular weight is 432 g/mol. The fraction of sp³-hybridized carbons (Fsp3) is 0.435. The van der Waals surface area contributed by atoms with Gasteiger partial charge in [-0.1, -0.05) is 18.2 Å². The molecule has 0 saturated heterocycles. The molecular formula is C23H33N3O3S. The second-order valence-electron chi connectivity index (χ2n) is 7.56. The van der Waals surface area contributed by atoms with Crippen molar-refractivity contribution in [2.45, 2.75) is 47.2 Å². The molecule has 0 aliphatic rings. The predicted octanol–water partition coefficient (Wildman–Crippen LogP) is 3.62. The van der Waals surface area contributed by atoms with Crippen LogP contribution in [0.1, 0.15) is 37.5 Å². The van der Waals surface area contributed by atoms with E-state index in [1.54, 1.807) is 19.1 Å². The number of benzene rings is 2. The van der Waals surface area contributed by atoms with E-state index in [0.717, 1.165) is 41.7 Å². The molecule has 1 atom stereocenters. The van der Waals surface area contributed by atoms with Gasteiger partial charge in [-0.3, -0.25) is 9.10 Å². The largest absolute Gasteiger partial charge is 0.372 e. The lowest BCUT2D eigenvalue weighted by Crippen LogP contribution is -2.47. The second-order valence-corrected chi connectivity index (χ2v) is 9.42. The Hall–Kier alpha value is -2.54. The van der Waals surface area contributed by atoms with Crippen LogP contribution >= 0.6 is 0 Å². The molecule has 0 saturated carbocycles. The summed E-state index contributed by atoms with van der Waals surface area (Å²) in [6.45, 7) is 11.9. The van der Waals surface area contributed by atoms with Crippen LogP contribution < -0.4 is 14.5 Å². The SMILES string of the molecule is CCN(CC)c1ccc(CNC(=O)C(C)N(c2ccc(C)c(C)c2)S(C)(=O)=O)cc1. The molecule has 164 valence electrons. The molecule has 1 amide bonds. The number of anilines is 2. The van der Waals surface area contributed by atoms with E-state index in [0.29, 0.717) is 12.2 Å². The number of sulfonamides is 1. The van der Waals surface area contributed by atoms with E-state index in [9.17, 15) is 13.2 Å². The molecule has 0 heterocycles. The summed E-state index contributed by atoms with van der Waals surface area (Å²) in [6, 6.07) is 12.6. The number of nitrogens with one attached hydrogen (secondary N) is 1. The molecule has 0 aromatic heterocycles. The molecule has 1 N–H and O–H groups in total. The molecule has 0 radical (unpaired) electrons. The second kappa shape index (κ2) is 9.98. The zero-order valence-corrected chi connectivity index (χ0v) is 19.6. The molecule has 2 aromatic carbocycles. The average Bonchev–Trinajstić information content (AvgIpc) is 2.69. The van der Waals surface area contributed by atoms with Crippen molar-refractivity contribution < 1.29 is 13.2 Å². The van der Waals surface area contributed by atoms with Crippen LogP contribution in [0.3, 0.4) is 0 Å². The minimum Gasteiger partial charge on any atom is -0.372 e. The Morgan fingerprint density at radius 1 is 0.967 bits per heavy atom. The van der Waals surface area contributed by atoms with Crippen LogP contribution in [0.4, 0.5) is 11.4 Å². The lowest BCUT2D eigenvalue weighted by Gasteiger charge is -2.28. The lowest BCUT2D eigenvalue weighted by molar-refractivity contribution is -0.122. The molecular weight excluding hydrogens is 398 g/mol. The summed E-state index contributed by atoms with van der Waals surface area (Å²) in [7, 11) is -3.63. The molecule has 0 fully saturated rings. The number of carbonyl (C=O) groups is 1. The highest BCUT2D eigenvalue weighted by molar-refractivity contribution is 7.92. The number of hydrogen-bond donors (Lipinski definition) is 1. The Bertz CT molecular complexity index is 968. The van der Waals surface area contributed by atoms with Crippen molar-refractivity contribution in [2.24, 2.45) is 0 Å². The van der Waals surface area contributed by atoms with Gasteiger partial charge in [0.1, 0.15) is 6.04 Å². The van der Waals surface area contributed by atoms with Crippen molar-refractivity contribution in [3.63, 3.8) is 0 Å². The van der Waals surface area contributed by atoms with Gasteiger partial charge in [-0.05, 0) is 75.6 Å². The van der Waals surface area contributed by atoms with Gasteiger partial charge in [0.25, 0.3) is 0 Å². The van der Waals surface area contributed by atoms with Crippen LogP contribution in [0.15, 0.2) is 42.5 Å². The summed E-state index contributed by atoms with van der Waals surface area (Å²) in [4.78, 5) is 15.0. The number of amides is 1. The van der Waals surface area contributed by atoms with E-state index < -0.39 is 16.1 Å². The highest BCUT2D eigenvalue weighted by Gasteiger charge is 2.29. The van der Waals surface area contributed by atoms with Crippen molar-refractivity contribution in [2.75, 3.05) is 28.6 Å². The van der Waals surface area contributed by atoms with E-state index in [1.165, 1.54) is 4.31 Å². The topological polar surface area (TPSA) is 69.7 Å². The third kappa shape index (κ3) is 5.75. The van der Waals surface area contributed by atoms with Gasteiger partial charge in [0.2, 0.25) is 15.9 Å². The van der Waals surface area contributed by atoms with Crippen molar-refractivity contribution >= 4 is 27.3 Å². The van der Waals surface area contributed by atoms with Crippen LogP contribution in [-0.4, -0.2) is 39.7 Å². The van der Waals surface area contributed by atoms with Crippen molar-refractivity contribution in [3.05, 3.63) is 59.2 Å². The van der Waals surface area contributed by atoms with Gasteiger partial charge in [-0.2, -0.15) is 0 Å².